The molecule has 0 atom stereocenters. The number of carbonyl (C=O) groups excluding carboxylic acids is 1. The quantitative estimate of drug-likeness (QED) is 0.830. The Bertz CT molecular complexity index is 346. The highest BCUT2D eigenvalue weighted by Gasteiger charge is 2.09. The molecule has 0 aliphatic rings. The van der Waals surface area contributed by atoms with E-state index in [1.54, 1.807) is 0 Å². The number of hydrogen-bond donors (Lipinski definition) is 1. The maximum absolute atomic E-state index is 11.9. The third-order valence-corrected chi connectivity index (χ3v) is 2.78. The monoisotopic (exact) mass is 234 g/mol. The summed E-state index contributed by atoms with van der Waals surface area (Å²) in [5.41, 5.74) is 2.14. The zero-order valence-corrected chi connectivity index (χ0v) is 11.0. The fourth-order valence-corrected chi connectivity index (χ4v) is 1.70. The van der Waals surface area contributed by atoms with Crippen LogP contribution in [0.4, 0.5) is 10.5 Å². The van der Waals surface area contributed by atoms with Crippen LogP contribution < -0.4 is 5.32 Å². The molecule has 0 aromatic heterocycles. The van der Waals surface area contributed by atoms with E-state index in [-0.39, 0.29) is 6.03 Å². The minimum atomic E-state index is -0.0152. The fourth-order valence-electron chi connectivity index (χ4n) is 1.70. The lowest BCUT2D eigenvalue weighted by molar-refractivity contribution is 0.214. The van der Waals surface area contributed by atoms with Crippen molar-refractivity contribution >= 4 is 11.7 Å². The number of nitrogens with one attached hydrogen (secondary N) is 1. The van der Waals surface area contributed by atoms with Gasteiger partial charge in [0.1, 0.15) is 0 Å². The van der Waals surface area contributed by atoms with Crippen molar-refractivity contribution in [1.82, 2.24) is 4.90 Å². The van der Waals surface area contributed by atoms with Crippen molar-refractivity contribution in [3.8, 4) is 0 Å². The van der Waals surface area contributed by atoms with Gasteiger partial charge in [-0.25, -0.2) is 4.79 Å². The van der Waals surface area contributed by atoms with Crippen molar-refractivity contribution in [3.05, 3.63) is 29.8 Å². The molecule has 17 heavy (non-hydrogen) atoms. The predicted octanol–water partition coefficient (Wildman–Crippen LogP) is 3.51. The molecule has 0 unspecified atom stereocenters. The largest absolute Gasteiger partial charge is 0.325 e. The van der Waals surface area contributed by atoms with E-state index in [9.17, 15) is 4.79 Å². The van der Waals surface area contributed by atoms with E-state index in [4.69, 9.17) is 0 Å². The molecule has 1 N–H and O–H groups in total. The van der Waals surface area contributed by atoms with Gasteiger partial charge in [0, 0.05) is 18.8 Å². The lowest BCUT2D eigenvalue weighted by Crippen LogP contribution is -2.35. The lowest BCUT2D eigenvalue weighted by atomic mass is 10.1. The summed E-state index contributed by atoms with van der Waals surface area (Å²) in [5, 5.41) is 2.92. The van der Waals surface area contributed by atoms with Gasteiger partial charge in [0.2, 0.25) is 0 Å². The molecule has 94 valence electrons. The molecule has 0 aliphatic heterocycles. The van der Waals surface area contributed by atoms with Crippen molar-refractivity contribution in [2.45, 2.75) is 33.6 Å². The summed E-state index contributed by atoms with van der Waals surface area (Å²) < 4.78 is 0. The van der Waals surface area contributed by atoms with Crippen LogP contribution in [0.3, 0.4) is 0 Å². The van der Waals surface area contributed by atoms with Crippen LogP contribution in [0.2, 0.25) is 0 Å². The first-order valence-corrected chi connectivity index (χ1v) is 6.36. The Labute approximate surface area is 104 Å². The Morgan fingerprint density at radius 2 is 1.82 bits per heavy atom. The summed E-state index contributed by atoms with van der Waals surface area (Å²) >= 11 is 0. The summed E-state index contributed by atoms with van der Waals surface area (Å²) in [6.45, 7) is 7.73. The van der Waals surface area contributed by atoms with Gasteiger partial charge in [-0.3, -0.25) is 0 Å². The smallest absolute Gasteiger partial charge is 0.321 e. The molecule has 1 rings (SSSR count). The predicted molar refractivity (Wildman–Crippen MR) is 72.4 cm³/mol. The number of carbonyl (C=O) groups is 1. The third kappa shape index (κ3) is 4.10. The molecule has 1 aromatic rings. The van der Waals surface area contributed by atoms with Crippen molar-refractivity contribution in [2.75, 3.05) is 18.4 Å². The van der Waals surface area contributed by atoms with Crippen molar-refractivity contribution in [3.63, 3.8) is 0 Å². The first kappa shape index (κ1) is 13.6. The molecule has 0 heterocycles. The third-order valence-electron chi connectivity index (χ3n) is 2.78. The van der Waals surface area contributed by atoms with Crippen molar-refractivity contribution in [1.29, 1.82) is 0 Å². The number of anilines is 1. The maximum Gasteiger partial charge on any atom is 0.321 e. The average molecular weight is 234 g/mol. The fraction of sp³-hybridized carbons (Fsp3) is 0.500. The topological polar surface area (TPSA) is 32.3 Å². The van der Waals surface area contributed by atoms with E-state index in [1.807, 2.05) is 36.1 Å². The molecular formula is C14H22N2O. The first-order chi connectivity index (χ1) is 8.21. The van der Waals surface area contributed by atoms with Crippen LogP contribution in [0.5, 0.6) is 0 Å². The number of urea groups is 1. The minimum Gasteiger partial charge on any atom is -0.325 e. The van der Waals surface area contributed by atoms with Crippen LogP contribution in [0.15, 0.2) is 24.3 Å². The molecule has 0 fully saturated rings. The van der Waals surface area contributed by atoms with Gasteiger partial charge in [0.05, 0.1) is 0 Å². The van der Waals surface area contributed by atoms with Gasteiger partial charge in [0.25, 0.3) is 0 Å². The summed E-state index contributed by atoms with van der Waals surface area (Å²) in [6.07, 6.45) is 2.00. The molecule has 0 saturated heterocycles. The van der Waals surface area contributed by atoms with Crippen LogP contribution in [0.25, 0.3) is 0 Å². The highest BCUT2D eigenvalue weighted by molar-refractivity contribution is 5.89. The van der Waals surface area contributed by atoms with Crippen LogP contribution in [0.1, 0.15) is 32.8 Å². The SMILES string of the molecule is CCCN(CC)C(=O)Nc1ccc(CC)cc1. The van der Waals surface area contributed by atoms with Gasteiger partial charge in [-0.2, -0.15) is 0 Å². The van der Waals surface area contributed by atoms with Crippen LogP contribution >= 0.6 is 0 Å². The number of nitrogens with zero attached hydrogens (tertiary/aromatic N) is 1. The normalized spacial score (nSPS) is 10.1. The molecule has 0 spiro atoms. The number of rotatable bonds is 5. The summed E-state index contributed by atoms with van der Waals surface area (Å²) in [6, 6.07) is 7.99. The second-order valence-electron chi connectivity index (χ2n) is 4.06. The van der Waals surface area contributed by atoms with Gasteiger partial charge >= 0.3 is 6.03 Å². The van der Waals surface area contributed by atoms with Gasteiger partial charge in [0.15, 0.2) is 0 Å². The number of aryl methyl sites for hydroxylation is 1. The van der Waals surface area contributed by atoms with Crippen molar-refractivity contribution < 1.29 is 4.79 Å². The second kappa shape index (κ2) is 6.94. The molecule has 0 aliphatic carbocycles. The van der Waals surface area contributed by atoms with Gasteiger partial charge < -0.3 is 10.2 Å². The molecule has 2 amide bonds. The molecule has 3 nitrogen and oxygen atoms in total. The van der Waals surface area contributed by atoms with E-state index >= 15 is 0 Å². The van der Waals surface area contributed by atoms with Crippen LogP contribution in [0, 0.1) is 0 Å². The second-order valence-corrected chi connectivity index (χ2v) is 4.06. The highest BCUT2D eigenvalue weighted by Crippen LogP contribution is 2.10. The molecule has 0 radical (unpaired) electrons. The molecule has 1 aromatic carbocycles. The van der Waals surface area contributed by atoms with Gasteiger partial charge in [-0.05, 0) is 37.5 Å². The van der Waals surface area contributed by atoms with E-state index < -0.39 is 0 Å². The average Bonchev–Trinajstić information content (AvgIpc) is 2.36. The number of benzene rings is 1. The Balaban J connectivity index is 2.59. The van der Waals surface area contributed by atoms with Gasteiger partial charge in [-0.1, -0.05) is 26.0 Å². The van der Waals surface area contributed by atoms with Crippen molar-refractivity contribution in [2.24, 2.45) is 0 Å². The zero-order valence-electron chi connectivity index (χ0n) is 11.0. The van der Waals surface area contributed by atoms with E-state index in [1.165, 1.54) is 5.56 Å². The first-order valence-electron chi connectivity index (χ1n) is 6.36. The lowest BCUT2D eigenvalue weighted by Gasteiger charge is -2.20. The van der Waals surface area contributed by atoms with E-state index in [0.717, 1.165) is 31.6 Å². The highest BCUT2D eigenvalue weighted by atomic mass is 16.2. The molecule has 0 bridgehead atoms. The Kier molecular flexibility index (Phi) is 5.53. The maximum atomic E-state index is 11.9. The van der Waals surface area contributed by atoms with Gasteiger partial charge in [-0.15, -0.1) is 0 Å². The standard InChI is InChI=1S/C14H22N2O/c1-4-11-16(6-3)14(17)15-13-9-7-12(5-2)8-10-13/h7-10H,4-6,11H2,1-3H3,(H,15,17). The van der Waals surface area contributed by atoms with E-state index in [2.05, 4.69) is 19.2 Å². The Morgan fingerprint density at radius 1 is 1.18 bits per heavy atom. The molecular weight excluding hydrogens is 212 g/mol. The molecule has 0 saturated carbocycles. The summed E-state index contributed by atoms with van der Waals surface area (Å²) in [5.74, 6) is 0. The van der Waals surface area contributed by atoms with Crippen LogP contribution in [-0.2, 0) is 6.42 Å². The summed E-state index contributed by atoms with van der Waals surface area (Å²) in [7, 11) is 0. The Morgan fingerprint density at radius 3 is 2.29 bits per heavy atom. The molecule has 3 heteroatoms. The number of hydrogen-bond acceptors (Lipinski definition) is 1. The minimum absolute atomic E-state index is 0.0152. The summed E-state index contributed by atoms with van der Waals surface area (Å²) in [4.78, 5) is 13.7. The van der Waals surface area contributed by atoms with Crippen LogP contribution in [-0.4, -0.2) is 24.0 Å². The Hall–Kier alpha value is -1.51. The number of amides is 2. The van der Waals surface area contributed by atoms with E-state index in [0.29, 0.717) is 0 Å². The zero-order chi connectivity index (χ0) is 12.7.